The van der Waals surface area contributed by atoms with E-state index in [0.29, 0.717) is 0 Å². The van der Waals surface area contributed by atoms with Gasteiger partial charge in [-0.15, -0.1) is 0 Å². The fraction of sp³-hybridized carbons (Fsp3) is 0.429. The summed E-state index contributed by atoms with van der Waals surface area (Å²) in [5.41, 5.74) is -1.59. The molecule has 2 rings (SSSR count). The maximum Gasteiger partial charge on any atom is 0.329 e. The van der Waals surface area contributed by atoms with Gasteiger partial charge in [-0.3, -0.25) is 4.79 Å². The molecule has 1 aliphatic rings. The zero-order valence-electron chi connectivity index (χ0n) is 11.3. The van der Waals surface area contributed by atoms with Gasteiger partial charge in [0.1, 0.15) is 5.54 Å². The molecular weight excluding hydrogens is 265 g/mol. The van der Waals surface area contributed by atoms with E-state index in [1.807, 2.05) is 0 Å². The first-order valence-electron chi connectivity index (χ1n) is 6.28. The summed E-state index contributed by atoms with van der Waals surface area (Å²) in [4.78, 5) is 23.5. The number of methoxy groups -OCH3 is 1. The minimum absolute atomic E-state index is 0.0545. The van der Waals surface area contributed by atoms with Crippen molar-refractivity contribution >= 4 is 11.9 Å². The van der Waals surface area contributed by atoms with Crippen LogP contribution in [0, 0.1) is 11.7 Å². The monoisotopic (exact) mass is 281 g/mol. The summed E-state index contributed by atoms with van der Waals surface area (Å²) in [5, 5.41) is 11.7. The van der Waals surface area contributed by atoms with E-state index in [-0.39, 0.29) is 17.2 Å². The van der Waals surface area contributed by atoms with Gasteiger partial charge in [0.2, 0.25) is 0 Å². The summed E-state index contributed by atoms with van der Waals surface area (Å²) < 4.78 is 18.8. The van der Waals surface area contributed by atoms with Crippen LogP contribution in [0.5, 0.6) is 5.75 Å². The average Bonchev–Trinajstić information content (AvgIpc) is 3.23. The number of hydrogen-bond acceptors (Lipinski definition) is 3. The summed E-state index contributed by atoms with van der Waals surface area (Å²) in [6, 6.07) is 4.16. The second-order valence-electron chi connectivity index (χ2n) is 5.06. The molecule has 5 nitrogen and oxygen atoms in total. The number of amides is 1. The van der Waals surface area contributed by atoms with Crippen LogP contribution in [0.2, 0.25) is 0 Å². The van der Waals surface area contributed by atoms with E-state index >= 15 is 0 Å². The molecule has 0 heterocycles. The SMILES string of the molecule is COc1cccc(C(=O)N[C@@](C)(C(=O)O)C2CC2)c1F. The molecule has 0 bridgehead atoms. The third kappa shape index (κ3) is 2.45. The zero-order valence-corrected chi connectivity index (χ0v) is 11.3. The molecule has 1 amide bonds. The molecule has 0 saturated heterocycles. The standard InChI is InChI=1S/C14H16FNO4/c1-14(13(18)19,8-6-7-8)16-12(17)9-4-3-5-10(20-2)11(9)15/h3-5,8H,6-7H2,1-2H3,(H,16,17)(H,18,19)/t14-/m1/s1. The lowest BCUT2D eigenvalue weighted by atomic mass is 9.95. The Labute approximate surface area is 115 Å². The molecule has 0 spiro atoms. The van der Waals surface area contributed by atoms with Gasteiger partial charge in [-0.05, 0) is 37.8 Å². The number of ether oxygens (including phenoxy) is 1. The number of rotatable bonds is 5. The highest BCUT2D eigenvalue weighted by Crippen LogP contribution is 2.40. The zero-order chi connectivity index (χ0) is 14.9. The fourth-order valence-electron chi connectivity index (χ4n) is 2.14. The summed E-state index contributed by atoms with van der Waals surface area (Å²) >= 11 is 0. The molecule has 2 N–H and O–H groups in total. The van der Waals surface area contributed by atoms with Gasteiger partial charge in [-0.1, -0.05) is 6.07 Å². The van der Waals surface area contributed by atoms with Gasteiger partial charge >= 0.3 is 5.97 Å². The third-order valence-electron chi connectivity index (χ3n) is 3.64. The Morgan fingerprint density at radius 3 is 2.60 bits per heavy atom. The van der Waals surface area contributed by atoms with Crippen LogP contribution in [-0.4, -0.2) is 29.6 Å². The average molecular weight is 281 g/mol. The van der Waals surface area contributed by atoms with Crippen LogP contribution in [0.15, 0.2) is 18.2 Å². The maximum atomic E-state index is 14.0. The van der Waals surface area contributed by atoms with Gasteiger partial charge in [0.05, 0.1) is 12.7 Å². The van der Waals surface area contributed by atoms with E-state index in [0.717, 1.165) is 12.8 Å². The Morgan fingerprint density at radius 1 is 1.45 bits per heavy atom. The number of hydrogen-bond donors (Lipinski definition) is 2. The van der Waals surface area contributed by atoms with Crippen LogP contribution in [-0.2, 0) is 4.79 Å². The van der Waals surface area contributed by atoms with E-state index < -0.39 is 23.2 Å². The third-order valence-corrected chi connectivity index (χ3v) is 3.64. The second-order valence-corrected chi connectivity index (χ2v) is 5.06. The van der Waals surface area contributed by atoms with Crippen molar-refractivity contribution in [3.05, 3.63) is 29.6 Å². The van der Waals surface area contributed by atoms with E-state index in [2.05, 4.69) is 5.32 Å². The smallest absolute Gasteiger partial charge is 0.329 e. The lowest BCUT2D eigenvalue weighted by Crippen LogP contribution is -2.54. The predicted octanol–water partition coefficient (Wildman–Crippen LogP) is 1.82. The minimum Gasteiger partial charge on any atom is -0.494 e. The Kier molecular flexibility index (Phi) is 3.65. The van der Waals surface area contributed by atoms with Crippen LogP contribution in [0.25, 0.3) is 0 Å². The van der Waals surface area contributed by atoms with Crippen LogP contribution in [0.4, 0.5) is 4.39 Å². The van der Waals surface area contributed by atoms with E-state index in [1.165, 1.54) is 32.2 Å². The number of nitrogens with one attached hydrogen (secondary N) is 1. The molecular formula is C14H16FNO4. The van der Waals surface area contributed by atoms with Gasteiger partial charge in [0.25, 0.3) is 5.91 Å². The first-order valence-corrected chi connectivity index (χ1v) is 6.28. The highest BCUT2D eigenvalue weighted by molar-refractivity contribution is 5.98. The quantitative estimate of drug-likeness (QED) is 0.863. The second kappa shape index (κ2) is 5.11. The normalized spacial score (nSPS) is 17.1. The van der Waals surface area contributed by atoms with Crippen molar-refractivity contribution in [3.63, 3.8) is 0 Å². The summed E-state index contributed by atoms with van der Waals surface area (Å²) in [7, 11) is 1.30. The van der Waals surface area contributed by atoms with Crippen molar-refractivity contribution < 1.29 is 23.8 Å². The van der Waals surface area contributed by atoms with Gasteiger partial charge in [0.15, 0.2) is 11.6 Å². The van der Waals surface area contributed by atoms with Crippen LogP contribution < -0.4 is 10.1 Å². The van der Waals surface area contributed by atoms with Crippen LogP contribution >= 0.6 is 0 Å². The first kappa shape index (κ1) is 14.3. The number of carbonyl (C=O) groups is 2. The Bertz CT molecular complexity index is 556. The maximum absolute atomic E-state index is 14.0. The van der Waals surface area contributed by atoms with Gasteiger partial charge < -0.3 is 15.2 Å². The van der Waals surface area contributed by atoms with E-state index in [9.17, 15) is 19.1 Å². The van der Waals surface area contributed by atoms with Gasteiger partial charge in [-0.25, -0.2) is 9.18 Å². The molecule has 6 heteroatoms. The van der Waals surface area contributed by atoms with Gasteiger partial charge in [0, 0.05) is 0 Å². The number of carbonyl (C=O) groups excluding carboxylic acids is 1. The number of halogens is 1. The molecule has 108 valence electrons. The highest BCUT2D eigenvalue weighted by atomic mass is 19.1. The van der Waals surface area contributed by atoms with Crippen molar-refractivity contribution in [3.8, 4) is 5.75 Å². The first-order chi connectivity index (χ1) is 9.40. The highest BCUT2D eigenvalue weighted by Gasteiger charge is 2.48. The van der Waals surface area contributed by atoms with Crippen molar-refractivity contribution in [2.45, 2.75) is 25.3 Å². The molecule has 0 unspecified atom stereocenters. The largest absolute Gasteiger partial charge is 0.494 e. The van der Waals surface area contributed by atoms with Crippen LogP contribution in [0.3, 0.4) is 0 Å². The van der Waals surface area contributed by atoms with Crippen molar-refractivity contribution in [1.82, 2.24) is 5.32 Å². The number of aliphatic carboxylic acids is 1. The molecule has 1 aromatic carbocycles. The van der Waals surface area contributed by atoms with Crippen molar-refractivity contribution in [1.29, 1.82) is 0 Å². The van der Waals surface area contributed by atoms with Crippen molar-refractivity contribution in [2.24, 2.45) is 5.92 Å². The molecule has 20 heavy (non-hydrogen) atoms. The van der Waals surface area contributed by atoms with Crippen molar-refractivity contribution in [2.75, 3.05) is 7.11 Å². The summed E-state index contributed by atoms with van der Waals surface area (Å²) in [5.74, 6) is -2.83. The van der Waals surface area contributed by atoms with E-state index in [4.69, 9.17) is 4.74 Å². The molecule has 1 saturated carbocycles. The summed E-state index contributed by atoms with van der Waals surface area (Å²) in [6.45, 7) is 1.45. The Balaban J connectivity index is 2.26. The number of carboxylic acids is 1. The minimum atomic E-state index is -1.37. The number of carboxylic acid groups (broad SMARTS) is 1. The number of benzene rings is 1. The molecule has 1 aliphatic carbocycles. The Hall–Kier alpha value is -2.11. The lowest BCUT2D eigenvalue weighted by molar-refractivity contribution is -0.144. The topological polar surface area (TPSA) is 75.6 Å². The van der Waals surface area contributed by atoms with E-state index in [1.54, 1.807) is 0 Å². The summed E-state index contributed by atoms with van der Waals surface area (Å²) in [6.07, 6.45) is 1.48. The predicted molar refractivity (Wildman–Crippen MR) is 69.2 cm³/mol. The fourth-order valence-corrected chi connectivity index (χ4v) is 2.14. The molecule has 1 fully saturated rings. The lowest BCUT2D eigenvalue weighted by Gasteiger charge is -2.26. The molecule has 0 aliphatic heterocycles. The molecule has 0 aromatic heterocycles. The Morgan fingerprint density at radius 2 is 2.10 bits per heavy atom. The molecule has 1 atom stereocenters. The molecule has 0 radical (unpaired) electrons. The van der Waals surface area contributed by atoms with Crippen LogP contribution in [0.1, 0.15) is 30.1 Å². The molecule has 1 aromatic rings. The van der Waals surface area contributed by atoms with Gasteiger partial charge in [-0.2, -0.15) is 0 Å².